The largest absolute Gasteiger partial charge is 0.456 e. The van der Waals surface area contributed by atoms with E-state index in [0.29, 0.717) is 0 Å². The summed E-state index contributed by atoms with van der Waals surface area (Å²) in [6, 6.07) is 12.4. The summed E-state index contributed by atoms with van der Waals surface area (Å²) in [5, 5.41) is 6.52. The first-order valence-electron chi connectivity index (χ1n) is 6.56. The Hall–Kier alpha value is -2.62. The number of hydrogen-bond acceptors (Lipinski definition) is 2. The van der Waals surface area contributed by atoms with Gasteiger partial charge in [0.25, 0.3) is 0 Å². The van der Waals surface area contributed by atoms with Gasteiger partial charge in [-0.3, -0.25) is 0 Å². The van der Waals surface area contributed by atoms with E-state index in [4.69, 9.17) is 4.42 Å². The van der Waals surface area contributed by atoms with E-state index in [1.54, 1.807) is 11.0 Å². The molecule has 0 N–H and O–H groups in total. The molecule has 0 fully saturated rings. The van der Waals surface area contributed by atoms with Crippen molar-refractivity contribution in [1.29, 1.82) is 0 Å². The molecule has 20 heavy (non-hydrogen) atoms. The zero-order valence-electron chi connectivity index (χ0n) is 11.4. The van der Waals surface area contributed by atoms with Crippen molar-refractivity contribution >= 4 is 21.9 Å². The third kappa shape index (κ3) is 1.48. The monoisotopic (exact) mass is 264 g/mol. The van der Waals surface area contributed by atoms with Crippen LogP contribution in [0.25, 0.3) is 27.6 Å². The van der Waals surface area contributed by atoms with Crippen molar-refractivity contribution in [3.05, 3.63) is 54.4 Å². The number of nitrogens with zero attached hydrogens (tertiary/aromatic N) is 3. The molecule has 4 nitrogen and oxygen atoms in total. The van der Waals surface area contributed by atoms with Gasteiger partial charge in [0.05, 0.1) is 7.05 Å². The number of furan rings is 1. The van der Waals surface area contributed by atoms with Crippen molar-refractivity contribution in [3.8, 4) is 5.69 Å². The summed E-state index contributed by atoms with van der Waals surface area (Å²) in [7, 11) is 1.92. The van der Waals surface area contributed by atoms with E-state index in [2.05, 4.69) is 30.2 Å². The maximum atomic E-state index is 5.94. The minimum absolute atomic E-state index is 0.903. The number of aromatic nitrogens is 3. The second-order valence-electron chi connectivity index (χ2n) is 4.98. The van der Waals surface area contributed by atoms with Crippen molar-refractivity contribution in [3.63, 3.8) is 0 Å². The molecule has 0 saturated carbocycles. The topological polar surface area (TPSA) is 34.8 Å². The molecule has 4 heteroatoms. The average molecular weight is 264 g/mol. The SMILES string of the molecule is Cc1cc2c(cc1-[n+]1ccnn1C)oc1ccccc12. The van der Waals surface area contributed by atoms with Gasteiger partial charge in [0.1, 0.15) is 11.2 Å². The Labute approximate surface area is 115 Å². The van der Waals surface area contributed by atoms with Crippen LogP contribution >= 0.6 is 0 Å². The summed E-state index contributed by atoms with van der Waals surface area (Å²) in [5.41, 5.74) is 4.10. The highest BCUT2D eigenvalue weighted by Crippen LogP contribution is 2.30. The van der Waals surface area contributed by atoms with Crippen molar-refractivity contribution in [2.24, 2.45) is 7.05 Å². The zero-order valence-corrected chi connectivity index (χ0v) is 11.4. The molecule has 0 atom stereocenters. The van der Waals surface area contributed by atoms with Crippen LogP contribution in [-0.2, 0) is 7.05 Å². The predicted molar refractivity (Wildman–Crippen MR) is 76.8 cm³/mol. The zero-order chi connectivity index (χ0) is 13.7. The molecule has 98 valence electrons. The first-order valence-corrected chi connectivity index (χ1v) is 6.56. The quantitative estimate of drug-likeness (QED) is 0.495. The van der Waals surface area contributed by atoms with Crippen LogP contribution < -0.4 is 4.68 Å². The molecule has 0 spiro atoms. The molecular formula is C16H14N3O+. The molecule has 4 rings (SSSR count). The normalized spacial score (nSPS) is 11.5. The second-order valence-corrected chi connectivity index (χ2v) is 4.98. The molecule has 0 aliphatic heterocycles. The summed E-state index contributed by atoms with van der Waals surface area (Å²) in [5.74, 6) is 0. The van der Waals surface area contributed by atoms with Gasteiger partial charge < -0.3 is 4.42 Å². The predicted octanol–water partition coefficient (Wildman–Crippen LogP) is 2.90. The van der Waals surface area contributed by atoms with Gasteiger partial charge >= 0.3 is 0 Å². The van der Waals surface area contributed by atoms with E-state index in [1.165, 1.54) is 5.56 Å². The average Bonchev–Trinajstić information content (AvgIpc) is 3.01. The Morgan fingerprint density at radius 2 is 1.95 bits per heavy atom. The van der Waals surface area contributed by atoms with Gasteiger partial charge in [-0.25, -0.2) is 0 Å². The molecule has 0 aliphatic carbocycles. The number of benzene rings is 2. The minimum Gasteiger partial charge on any atom is -0.456 e. The molecule has 0 radical (unpaired) electrons. The molecule has 4 aromatic rings. The highest BCUT2D eigenvalue weighted by atomic mass is 16.3. The molecular weight excluding hydrogens is 250 g/mol. The van der Waals surface area contributed by atoms with Crippen LogP contribution in [0.4, 0.5) is 0 Å². The molecule has 0 saturated heterocycles. The Balaban J connectivity index is 2.08. The van der Waals surface area contributed by atoms with E-state index in [0.717, 1.165) is 27.6 Å². The molecule has 0 bridgehead atoms. The highest BCUT2D eigenvalue weighted by Gasteiger charge is 2.15. The van der Waals surface area contributed by atoms with Crippen LogP contribution in [-0.4, -0.2) is 9.90 Å². The summed E-state index contributed by atoms with van der Waals surface area (Å²) < 4.78 is 7.94. The lowest BCUT2D eigenvalue weighted by atomic mass is 10.1. The van der Waals surface area contributed by atoms with Gasteiger partial charge in [0.15, 0.2) is 11.9 Å². The Bertz CT molecular complexity index is 933. The number of para-hydroxylation sites is 1. The molecule has 2 aromatic carbocycles. The van der Waals surface area contributed by atoms with E-state index in [9.17, 15) is 0 Å². The lowest BCUT2D eigenvalue weighted by molar-refractivity contribution is -0.688. The third-order valence-electron chi connectivity index (χ3n) is 3.70. The van der Waals surface area contributed by atoms with Crippen LogP contribution in [0.5, 0.6) is 0 Å². The molecule has 0 amide bonds. The van der Waals surface area contributed by atoms with E-state index in [-0.39, 0.29) is 0 Å². The van der Waals surface area contributed by atoms with Gasteiger partial charge in [-0.1, -0.05) is 18.2 Å². The number of hydrogen-bond donors (Lipinski definition) is 0. The summed E-state index contributed by atoms with van der Waals surface area (Å²) >= 11 is 0. The first kappa shape index (κ1) is 11.2. The summed E-state index contributed by atoms with van der Waals surface area (Å²) in [6.07, 6.45) is 3.72. The summed E-state index contributed by atoms with van der Waals surface area (Å²) in [4.78, 5) is 1.80. The molecule has 2 heterocycles. The van der Waals surface area contributed by atoms with Crippen LogP contribution in [0.15, 0.2) is 53.2 Å². The van der Waals surface area contributed by atoms with Crippen LogP contribution in [0, 0.1) is 6.92 Å². The minimum atomic E-state index is 0.903. The highest BCUT2D eigenvalue weighted by molar-refractivity contribution is 6.05. The third-order valence-corrected chi connectivity index (χ3v) is 3.70. The Kier molecular flexibility index (Phi) is 2.21. The standard InChI is InChI=1S/C16H14N3O/c1-11-9-13-12-5-3-4-6-15(12)20-16(13)10-14(11)19-8-7-17-18(19)2/h3-10H,1-2H3/q+1. The van der Waals surface area contributed by atoms with Gasteiger partial charge in [-0.05, 0) is 29.4 Å². The lowest BCUT2D eigenvalue weighted by Gasteiger charge is -2.02. The van der Waals surface area contributed by atoms with Crippen molar-refractivity contribution in [1.82, 2.24) is 9.90 Å². The Morgan fingerprint density at radius 1 is 1.10 bits per heavy atom. The fourth-order valence-corrected chi connectivity index (χ4v) is 2.69. The van der Waals surface area contributed by atoms with Crippen molar-refractivity contribution < 1.29 is 9.10 Å². The van der Waals surface area contributed by atoms with Crippen LogP contribution in [0.1, 0.15) is 5.56 Å². The van der Waals surface area contributed by atoms with Crippen LogP contribution in [0.3, 0.4) is 0 Å². The van der Waals surface area contributed by atoms with E-state index < -0.39 is 0 Å². The Morgan fingerprint density at radius 3 is 2.75 bits per heavy atom. The maximum Gasteiger partial charge on any atom is 0.206 e. The van der Waals surface area contributed by atoms with E-state index >= 15 is 0 Å². The number of fused-ring (bicyclic) bond motifs is 3. The van der Waals surface area contributed by atoms with Crippen LogP contribution in [0.2, 0.25) is 0 Å². The maximum absolute atomic E-state index is 5.94. The van der Waals surface area contributed by atoms with Gasteiger partial charge in [0, 0.05) is 21.9 Å². The van der Waals surface area contributed by atoms with Gasteiger partial charge in [0.2, 0.25) is 6.20 Å². The molecule has 0 unspecified atom stereocenters. The summed E-state index contributed by atoms with van der Waals surface area (Å²) in [6.45, 7) is 2.11. The smallest absolute Gasteiger partial charge is 0.206 e. The van der Waals surface area contributed by atoms with E-state index in [1.807, 2.05) is 36.1 Å². The van der Waals surface area contributed by atoms with Gasteiger partial charge in [-0.2, -0.15) is 0 Å². The van der Waals surface area contributed by atoms with Crippen molar-refractivity contribution in [2.45, 2.75) is 6.92 Å². The number of rotatable bonds is 1. The number of aryl methyl sites for hydroxylation is 2. The van der Waals surface area contributed by atoms with Gasteiger partial charge in [-0.15, -0.1) is 4.68 Å². The molecule has 0 aliphatic rings. The van der Waals surface area contributed by atoms with Crippen molar-refractivity contribution in [2.75, 3.05) is 0 Å². The lowest BCUT2D eigenvalue weighted by Crippen LogP contribution is -2.39. The molecule has 2 aromatic heterocycles. The second kappa shape index (κ2) is 3.93. The first-order chi connectivity index (χ1) is 9.74. The fraction of sp³-hybridized carbons (Fsp3) is 0.125. The fourth-order valence-electron chi connectivity index (χ4n) is 2.69.